The Balaban J connectivity index is 1.41. The molecule has 1 saturated carbocycles. The summed E-state index contributed by atoms with van der Waals surface area (Å²) < 4.78 is 46.3. The van der Waals surface area contributed by atoms with E-state index < -0.39 is 10.0 Å². The molecule has 180 valence electrons. The number of hydrogen-bond donors (Lipinski definition) is 2. The maximum Gasteiger partial charge on any atom is 0.209 e. The third kappa shape index (κ3) is 6.15. The molecule has 0 spiro atoms. The van der Waals surface area contributed by atoms with Crippen LogP contribution in [-0.4, -0.2) is 56.1 Å². The van der Waals surface area contributed by atoms with Gasteiger partial charge < -0.3 is 14.7 Å². The molecule has 1 aliphatic carbocycles. The summed E-state index contributed by atoms with van der Waals surface area (Å²) in [5.41, 5.74) is 1.03. The number of aromatic nitrogens is 1. The standard InChI is InChI=1S/C23H29ClFN3O4S/c1-33(30,31)27-20-9-10-28(23-12-22(29)19(24)13-26-23)21(20)14-32-18-7-5-15(6-8-18)16-3-2-4-17(25)11-16/h2-4,11-13,15,18,20-21,27H,5-10,14H2,1H3,(H,26,29)/t15-,18+,20-,21-/m0/s1. The van der Waals surface area contributed by atoms with Crippen LogP contribution in [0, 0.1) is 5.82 Å². The third-order valence-corrected chi connectivity index (χ3v) is 7.55. The van der Waals surface area contributed by atoms with E-state index >= 15 is 0 Å². The number of nitrogens with zero attached hydrogens (tertiary/aromatic N) is 2. The first kappa shape index (κ1) is 24.2. The summed E-state index contributed by atoms with van der Waals surface area (Å²) in [5, 5.41) is 10.2. The summed E-state index contributed by atoms with van der Waals surface area (Å²) in [5.74, 6) is 0.567. The Labute approximate surface area is 199 Å². The van der Waals surface area contributed by atoms with E-state index in [9.17, 15) is 17.9 Å². The highest BCUT2D eigenvalue weighted by Crippen LogP contribution is 2.35. The van der Waals surface area contributed by atoms with E-state index in [1.165, 1.54) is 18.3 Å². The Morgan fingerprint density at radius 3 is 2.67 bits per heavy atom. The Hall–Kier alpha value is -1.94. The number of ether oxygens (including phenoxy) is 1. The highest BCUT2D eigenvalue weighted by molar-refractivity contribution is 7.88. The average Bonchev–Trinajstić information content (AvgIpc) is 3.15. The van der Waals surface area contributed by atoms with Gasteiger partial charge in [-0.1, -0.05) is 23.7 Å². The maximum atomic E-state index is 13.6. The molecule has 2 aromatic rings. The summed E-state index contributed by atoms with van der Waals surface area (Å²) in [6, 6.07) is 7.68. The molecule has 10 heteroatoms. The molecular weight excluding hydrogens is 469 g/mol. The van der Waals surface area contributed by atoms with Crippen LogP contribution in [-0.2, 0) is 14.8 Å². The predicted molar refractivity (Wildman–Crippen MR) is 126 cm³/mol. The van der Waals surface area contributed by atoms with Crippen molar-refractivity contribution < 1.29 is 22.7 Å². The second kappa shape index (κ2) is 10.1. The topological polar surface area (TPSA) is 91.8 Å². The van der Waals surface area contributed by atoms with Crippen molar-refractivity contribution in [1.29, 1.82) is 0 Å². The minimum atomic E-state index is -3.40. The van der Waals surface area contributed by atoms with Crippen molar-refractivity contribution in [2.45, 2.75) is 56.2 Å². The van der Waals surface area contributed by atoms with Crippen molar-refractivity contribution in [1.82, 2.24) is 9.71 Å². The third-order valence-electron chi connectivity index (χ3n) is 6.52. The quantitative estimate of drug-likeness (QED) is 0.604. The fourth-order valence-electron chi connectivity index (χ4n) is 4.89. The number of hydrogen-bond acceptors (Lipinski definition) is 6. The van der Waals surface area contributed by atoms with Crippen molar-refractivity contribution >= 4 is 27.4 Å². The normalized spacial score (nSPS) is 26.0. The lowest BCUT2D eigenvalue weighted by molar-refractivity contribution is 0.0156. The summed E-state index contributed by atoms with van der Waals surface area (Å²) in [4.78, 5) is 6.27. The van der Waals surface area contributed by atoms with Gasteiger partial charge in [-0.05, 0) is 55.7 Å². The van der Waals surface area contributed by atoms with Gasteiger partial charge in [0.15, 0.2) is 0 Å². The van der Waals surface area contributed by atoms with Crippen molar-refractivity contribution in [3.8, 4) is 5.75 Å². The van der Waals surface area contributed by atoms with Crippen molar-refractivity contribution in [2.75, 3.05) is 24.3 Å². The van der Waals surface area contributed by atoms with Gasteiger partial charge >= 0.3 is 0 Å². The predicted octanol–water partition coefficient (Wildman–Crippen LogP) is 3.82. The Morgan fingerprint density at radius 2 is 2.00 bits per heavy atom. The maximum absolute atomic E-state index is 13.6. The molecule has 2 N–H and O–H groups in total. The molecule has 1 aromatic carbocycles. The number of aromatic hydroxyl groups is 1. The van der Waals surface area contributed by atoms with Crippen LogP contribution >= 0.6 is 11.6 Å². The molecule has 2 aliphatic rings. The average molecular weight is 498 g/mol. The van der Waals surface area contributed by atoms with Crippen molar-refractivity contribution in [3.63, 3.8) is 0 Å². The second-order valence-corrected chi connectivity index (χ2v) is 11.1. The van der Waals surface area contributed by atoms with E-state index in [2.05, 4.69) is 9.71 Å². The molecule has 0 radical (unpaired) electrons. The zero-order chi connectivity index (χ0) is 23.6. The number of rotatable bonds is 7. The number of nitrogens with one attached hydrogen (secondary N) is 1. The molecule has 0 amide bonds. The van der Waals surface area contributed by atoms with E-state index in [1.54, 1.807) is 12.1 Å². The lowest BCUT2D eigenvalue weighted by Gasteiger charge is -2.33. The molecule has 7 nitrogen and oxygen atoms in total. The first-order valence-corrected chi connectivity index (χ1v) is 13.4. The molecule has 2 heterocycles. The van der Waals surface area contributed by atoms with Gasteiger partial charge in [0, 0.05) is 18.7 Å². The first-order chi connectivity index (χ1) is 15.7. The minimum absolute atomic E-state index is 0.0581. The van der Waals surface area contributed by atoms with Gasteiger partial charge in [0.2, 0.25) is 10.0 Å². The summed E-state index contributed by atoms with van der Waals surface area (Å²) in [6.07, 6.45) is 6.74. The van der Waals surface area contributed by atoms with Crippen molar-refractivity contribution in [3.05, 3.63) is 52.9 Å². The van der Waals surface area contributed by atoms with E-state index in [1.807, 2.05) is 11.0 Å². The van der Waals surface area contributed by atoms with E-state index in [0.29, 0.717) is 31.3 Å². The van der Waals surface area contributed by atoms with Gasteiger partial charge in [-0.15, -0.1) is 0 Å². The van der Waals surface area contributed by atoms with Gasteiger partial charge in [0.05, 0.1) is 31.2 Å². The van der Waals surface area contributed by atoms with Crippen LogP contribution in [0.15, 0.2) is 36.5 Å². The molecule has 0 unspecified atom stereocenters. The first-order valence-electron chi connectivity index (χ1n) is 11.1. The Kier molecular flexibility index (Phi) is 7.43. The number of benzene rings is 1. The molecular formula is C23H29ClFN3O4S. The molecule has 1 aromatic heterocycles. The molecule has 1 aliphatic heterocycles. The SMILES string of the molecule is CS(=O)(=O)N[C@H]1CCN(c2cc(O)c(Cl)cn2)[C@H]1CO[C@H]1CC[C@@H](c2cccc(F)c2)CC1. The van der Waals surface area contributed by atoms with E-state index in [-0.39, 0.29) is 34.8 Å². The number of sulfonamides is 1. The van der Waals surface area contributed by atoms with E-state index in [4.69, 9.17) is 16.3 Å². The van der Waals surface area contributed by atoms with Gasteiger partial charge in [0.1, 0.15) is 22.4 Å². The highest BCUT2D eigenvalue weighted by Gasteiger charge is 2.38. The van der Waals surface area contributed by atoms with Gasteiger partial charge in [-0.3, -0.25) is 0 Å². The molecule has 2 atom stereocenters. The smallest absolute Gasteiger partial charge is 0.209 e. The number of pyridine rings is 1. The van der Waals surface area contributed by atoms with Crippen LogP contribution in [0.1, 0.15) is 43.6 Å². The lowest BCUT2D eigenvalue weighted by Crippen LogP contribution is -2.48. The molecule has 33 heavy (non-hydrogen) atoms. The largest absolute Gasteiger partial charge is 0.506 e. The second-order valence-electron chi connectivity index (χ2n) is 8.90. The van der Waals surface area contributed by atoms with Crippen molar-refractivity contribution in [2.24, 2.45) is 0 Å². The van der Waals surface area contributed by atoms with Gasteiger partial charge in [-0.25, -0.2) is 22.5 Å². The Morgan fingerprint density at radius 1 is 1.24 bits per heavy atom. The fourth-order valence-corrected chi connectivity index (χ4v) is 5.82. The van der Waals surface area contributed by atoms with Crippen LogP contribution in [0.2, 0.25) is 5.02 Å². The van der Waals surface area contributed by atoms with Crippen LogP contribution in [0.3, 0.4) is 0 Å². The highest BCUT2D eigenvalue weighted by atomic mass is 35.5. The van der Waals surface area contributed by atoms with Crippen LogP contribution < -0.4 is 9.62 Å². The van der Waals surface area contributed by atoms with Crippen LogP contribution in [0.4, 0.5) is 10.2 Å². The molecule has 4 rings (SSSR count). The minimum Gasteiger partial charge on any atom is -0.506 e. The van der Waals surface area contributed by atoms with Crippen LogP contribution in [0.5, 0.6) is 5.75 Å². The summed E-state index contributed by atoms with van der Waals surface area (Å²) in [6.45, 7) is 0.898. The zero-order valence-corrected chi connectivity index (χ0v) is 20.0. The number of anilines is 1. The van der Waals surface area contributed by atoms with E-state index in [0.717, 1.165) is 37.5 Å². The molecule has 0 bridgehead atoms. The Bertz CT molecular complexity index is 1080. The molecule has 2 fully saturated rings. The zero-order valence-electron chi connectivity index (χ0n) is 18.5. The number of halogens is 2. The fraction of sp³-hybridized carbons (Fsp3) is 0.522. The van der Waals surface area contributed by atoms with Gasteiger partial charge in [0.25, 0.3) is 0 Å². The van der Waals surface area contributed by atoms with Gasteiger partial charge in [-0.2, -0.15) is 0 Å². The molecule has 1 saturated heterocycles. The van der Waals surface area contributed by atoms with Crippen LogP contribution in [0.25, 0.3) is 0 Å². The summed E-state index contributed by atoms with van der Waals surface area (Å²) >= 11 is 5.90. The lowest BCUT2D eigenvalue weighted by atomic mass is 9.82. The summed E-state index contributed by atoms with van der Waals surface area (Å²) in [7, 11) is -3.40. The monoisotopic (exact) mass is 497 g/mol.